The number of rotatable bonds is 6. The van der Waals surface area contributed by atoms with Crippen LogP contribution in [0.5, 0.6) is 0 Å². The third-order valence-corrected chi connectivity index (χ3v) is 7.02. The van der Waals surface area contributed by atoms with E-state index in [1.807, 2.05) is 6.92 Å². The first-order valence-corrected chi connectivity index (χ1v) is 10.9. The first-order chi connectivity index (χ1) is 12.8. The maximum atomic E-state index is 12.6. The Kier molecular flexibility index (Phi) is 5.56. The van der Waals surface area contributed by atoms with E-state index in [0.717, 1.165) is 18.4 Å². The summed E-state index contributed by atoms with van der Waals surface area (Å²) in [6.07, 6.45) is 3.46. The van der Waals surface area contributed by atoms with Crippen molar-refractivity contribution in [1.29, 1.82) is 0 Å². The Labute approximate surface area is 161 Å². The second-order valence-electron chi connectivity index (χ2n) is 6.99. The summed E-state index contributed by atoms with van der Waals surface area (Å²) in [5.74, 6) is -0.139. The summed E-state index contributed by atoms with van der Waals surface area (Å²) in [6, 6.07) is 13.0. The van der Waals surface area contributed by atoms with Gasteiger partial charge in [-0.05, 0) is 74.1 Å². The van der Waals surface area contributed by atoms with Gasteiger partial charge in [-0.1, -0.05) is 18.2 Å². The maximum absolute atomic E-state index is 12.6. The van der Waals surface area contributed by atoms with Gasteiger partial charge in [-0.25, -0.2) is 8.42 Å². The molecule has 0 saturated carbocycles. The molecule has 1 amide bonds. The summed E-state index contributed by atoms with van der Waals surface area (Å²) in [6.45, 7) is 3.58. The molecule has 0 aromatic heterocycles. The average Bonchev–Trinajstić information content (AvgIpc) is 3.15. The molecule has 0 heterocycles. The molecule has 2 aromatic carbocycles. The lowest BCUT2D eigenvalue weighted by Gasteiger charge is -2.19. The van der Waals surface area contributed by atoms with Crippen LogP contribution in [0.2, 0.25) is 0 Å². The highest BCUT2D eigenvalue weighted by Crippen LogP contribution is 2.25. The molecule has 0 spiro atoms. The molecule has 2 aromatic rings. The highest BCUT2D eigenvalue weighted by molar-refractivity contribution is 7.92. The van der Waals surface area contributed by atoms with E-state index in [-0.39, 0.29) is 17.7 Å². The third kappa shape index (κ3) is 4.16. The minimum Gasteiger partial charge on any atom is -0.346 e. The van der Waals surface area contributed by atoms with Crippen LogP contribution in [0.4, 0.5) is 5.69 Å². The van der Waals surface area contributed by atoms with Crippen molar-refractivity contribution in [2.75, 3.05) is 17.1 Å². The molecule has 5 nitrogen and oxygen atoms in total. The quantitative estimate of drug-likeness (QED) is 0.827. The second-order valence-corrected chi connectivity index (χ2v) is 9.28. The first kappa shape index (κ1) is 19.4. The molecule has 1 N–H and O–H groups in total. The molecule has 3 rings (SSSR count). The lowest BCUT2D eigenvalue weighted by atomic mass is 10.0. The van der Waals surface area contributed by atoms with Gasteiger partial charge >= 0.3 is 0 Å². The number of carbonyl (C=O) groups is 1. The Balaban J connectivity index is 1.69. The predicted octanol–water partition coefficient (Wildman–Crippen LogP) is 3.45. The highest BCUT2D eigenvalue weighted by Gasteiger charge is 2.18. The lowest BCUT2D eigenvalue weighted by Crippen LogP contribution is -2.28. The Morgan fingerprint density at radius 3 is 2.44 bits per heavy atom. The van der Waals surface area contributed by atoms with Gasteiger partial charge in [0.1, 0.15) is 0 Å². The largest absolute Gasteiger partial charge is 0.346 e. The number of hydrogen-bond donors (Lipinski definition) is 1. The van der Waals surface area contributed by atoms with E-state index in [4.69, 9.17) is 0 Å². The summed E-state index contributed by atoms with van der Waals surface area (Å²) in [4.78, 5) is 12.6. The smallest absolute Gasteiger partial charge is 0.251 e. The Hall–Kier alpha value is -2.34. The number of anilines is 1. The zero-order valence-electron chi connectivity index (χ0n) is 16.0. The number of aryl methyl sites for hydroxylation is 2. The van der Waals surface area contributed by atoms with E-state index in [0.29, 0.717) is 11.3 Å². The zero-order chi connectivity index (χ0) is 19.6. The molecule has 0 aliphatic heterocycles. The Morgan fingerprint density at radius 1 is 1.11 bits per heavy atom. The Morgan fingerprint density at radius 2 is 1.78 bits per heavy atom. The van der Waals surface area contributed by atoms with Crippen LogP contribution in [0.3, 0.4) is 0 Å². The van der Waals surface area contributed by atoms with E-state index < -0.39 is 10.0 Å². The number of sulfonamides is 1. The fourth-order valence-electron chi connectivity index (χ4n) is 3.40. The van der Waals surface area contributed by atoms with Crippen LogP contribution < -0.4 is 9.62 Å². The minimum atomic E-state index is -3.31. The van der Waals surface area contributed by atoms with Gasteiger partial charge in [0.2, 0.25) is 10.0 Å². The van der Waals surface area contributed by atoms with Crippen molar-refractivity contribution in [2.45, 2.75) is 39.2 Å². The molecule has 0 fully saturated rings. The van der Waals surface area contributed by atoms with Crippen molar-refractivity contribution in [1.82, 2.24) is 5.32 Å². The van der Waals surface area contributed by atoms with Crippen LogP contribution >= 0.6 is 0 Å². The third-order valence-electron chi connectivity index (χ3n) is 5.25. The van der Waals surface area contributed by atoms with E-state index in [2.05, 4.69) is 23.5 Å². The number of nitrogens with one attached hydrogen (secondary N) is 1. The van der Waals surface area contributed by atoms with Crippen molar-refractivity contribution in [3.05, 3.63) is 64.7 Å². The monoisotopic (exact) mass is 386 g/mol. The molecule has 1 aliphatic carbocycles. The highest BCUT2D eigenvalue weighted by atomic mass is 32.2. The van der Waals surface area contributed by atoms with Crippen LogP contribution in [0, 0.1) is 0 Å². The van der Waals surface area contributed by atoms with Crippen LogP contribution in [0.15, 0.2) is 42.5 Å². The van der Waals surface area contributed by atoms with Gasteiger partial charge in [0.25, 0.3) is 5.91 Å². The molecule has 6 heteroatoms. The average molecular weight is 387 g/mol. The number of amides is 1. The zero-order valence-corrected chi connectivity index (χ0v) is 16.8. The first-order valence-electron chi connectivity index (χ1n) is 9.31. The summed E-state index contributed by atoms with van der Waals surface area (Å²) in [7, 11) is -1.79. The number of carbonyl (C=O) groups excluding carboxylic acids is 1. The molecule has 0 bridgehead atoms. The fraction of sp³-hybridized carbons (Fsp3) is 0.381. The van der Waals surface area contributed by atoms with Crippen molar-refractivity contribution >= 4 is 21.6 Å². The molecule has 0 radical (unpaired) electrons. The molecular formula is C21H26N2O3S. The number of fused-ring (bicyclic) bond motifs is 1. The van der Waals surface area contributed by atoms with Crippen LogP contribution in [-0.4, -0.2) is 27.1 Å². The summed E-state index contributed by atoms with van der Waals surface area (Å²) >= 11 is 0. The summed E-state index contributed by atoms with van der Waals surface area (Å²) in [5, 5.41) is 3.02. The van der Waals surface area contributed by atoms with E-state index >= 15 is 0 Å². The van der Waals surface area contributed by atoms with Crippen molar-refractivity contribution in [3.63, 3.8) is 0 Å². The molecule has 27 heavy (non-hydrogen) atoms. The van der Waals surface area contributed by atoms with E-state index in [9.17, 15) is 13.2 Å². The SMILES string of the molecule is CCS(=O)(=O)N(C)c1ccc(C(=O)N[C@H](C)c2ccc3c(c2)CCC3)cc1. The molecule has 1 aliphatic rings. The van der Waals surface area contributed by atoms with Gasteiger partial charge in [-0.15, -0.1) is 0 Å². The normalized spacial score (nSPS) is 14.5. The van der Waals surface area contributed by atoms with Gasteiger partial charge in [0.15, 0.2) is 0 Å². The second kappa shape index (κ2) is 7.72. The van der Waals surface area contributed by atoms with Crippen molar-refractivity contribution in [2.24, 2.45) is 0 Å². The van der Waals surface area contributed by atoms with Crippen LogP contribution in [0.1, 0.15) is 53.4 Å². The van der Waals surface area contributed by atoms with Crippen molar-refractivity contribution in [3.8, 4) is 0 Å². The van der Waals surface area contributed by atoms with Gasteiger partial charge in [-0.2, -0.15) is 0 Å². The maximum Gasteiger partial charge on any atom is 0.251 e. The molecule has 0 unspecified atom stereocenters. The molecular weight excluding hydrogens is 360 g/mol. The lowest BCUT2D eigenvalue weighted by molar-refractivity contribution is 0.0940. The van der Waals surface area contributed by atoms with E-state index in [1.165, 1.54) is 28.9 Å². The van der Waals surface area contributed by atoms with Crippen LogP contribution in [-0.2, 0) is 22.9 Å². The molecule has 0 saturated heterocycles. The standard InChI is InChI=1S/C21H26N2O3S/c1-4-27(25,26)23(3)20-12-10-17(11-13-20)21(24)22-15(2)18-9-8-16-6-5-7-19(16)14-18/h8-15H,4-7H2,1-3H3,(H,22,24)/t15-/m1/s1. The summed E-state index contributed by atoms with van der Waals surface area (Å²) in [5.41, 5.74) is 4.96. The minimum absolute atomic E-state index is 0.0318. The van der Waals surface area contributed by atoms with E-state index in [1.54, 1.807) is 31.2 Å². The fourth-order valence-corrected chi connectivity index (χ4v) is 4.23. The predicted molar refractivity (Wildman–Crippen MR) is 109 cm³/mol. The number of benzene rings is 2. The van der Waals surface area contributed by atoms with Gasteiger partial charge < -0.3 is 5.32 Å². The number of hydrogen-bond acceptors (Lipinski definition) is 3. The van der Waals surface area contributed by atoms with Gasteiger partial charge in [0, 0.05) is 12.6 Å². The molecule has 144 valence electrons. The van der Waals surface area contributed by atoms with Crippen LogP contribution in [0.25, 0.3) is 0 Å². The topological polar surface area (TPSA) is 66.5 Å². The summed E-state index contributed by atoms with van der Waals surface area (Å²) < 4.78 is 25.1. The van der Waals surface area contributed by atoms with Crippen molar-refractivity contribution < 1.29 is 13.2 Å². The van der Waals surface area contributed by atoms with Gasteiger partial charge in [0.05, 0.1) is 17.5 Å². The Bertz CT molecular complexity index is 936. The molecule has 1 atom stereocenters. The van der Waals surface area contributed by atoms with Gasteiger partial charge in [-0.3, -0.25) is 9.10 Å². The number of nitrogens with zero attached hydrogens (tertiary/aromatic N) is 1.